The highest BCUT2D eigenvalue weighted by Gasteiger charge is 2.62. The van der Waals surface area contributed by atoms with Crippen LogP contribution in [0.1, 0.15) is 78.6 Å². The van der Waals surface area contributed by atoms with Gasteiger partial charge in [-0.25, -0.2) is 23.2 Å². The van der Waals surface area contributed by atoms with Gasteiger partial charge in [-0.3, -0.25) is 19.1 Å². The topological polar surface area (TPSA) is 195 Å². The van der Waals surface area contributed by atoms with Crippen molar-refractivity contribution < 1.29 is 41.8 Å². The zero-order chi connectivity index (χ0) is 39.8. The number of thiophene rings is 1. The number of amides is 4. The first-order valence-electron chi connectivity index (χ1n) is 19.1. The number of nitrogens with zero attached hydrogens (tertiary/aromatic N) is 3. The van der Waals surface area contributed by atoms with Crippen LogP contribution in [0, 0.1) is 5.92 Å². The lowest BCUT2D eigenvalue weighted by Gasteiger charge is -2.30. The molecule has 56 heavy (non-hydrogen) atoms. The Morgan fingerprint density at radius 2 is 1.86 bits per heavy atom. The van der Waals surface area contributed by atoms with Gasteiger partial charge >= 0.3 is 6.09 Å². The number of carbonyl (C=O) groups is 4. The minimum atomic E-state index is -3.91. The Labute approximate surface area is 330 Å². The zero-order valence-electron chi connectivity index (χ0n) is 31.9. The molecule has 17 heteroatoms. The molecule has 3 aromatic rings. The van der Waals surface area contributed by atoms with E-state index in [1.165, 1.54) is 16.2 Å². The molecule has 2 aliphatic carbocycles. The van der Waals surface area contributed by atoms with Gasteiger partial charge in [-0.15, -0.1) is 11.3 Å². The molecule has 1 saturated heterocycles. The molecule has 0 unspecified atom stereocenters. The molecule has 4 amide bonds. The number of allylic oxidation sites excluding steroid dienone is 1. The number of benzene rings is 1. The van der Waals surface area contributed by atoms with E-state index in [1.54, 1.807) is 46.1 Å². The predicted molar refractivity (Wildman–Crippen MR) is 208 cm³/mol. The van der Waals surface area contributed by atoms with Crippen molar-refractivity contribution in [2.75, 3.05) is 13.7 Å². The minimum absolute atomic E-state index is 0.0154. The van der Waals surface area contributed by atoms with Gasteiger partial charge in [-0.2, -0.15) is 0 Å². The van der Waals surface area contributed by atoms with E-state index in [-0.39, 0.29) is 25.3 Å². The standard InChI is InChI=1S/C39H48N6O9S2/c1-38(2,3)54-37(49)42-28-12-9-7-5-6-8-11-23-21-39(23,36(48)44-56(50,51)26-15-16-26)43-33(46)30-20-25(22-45(30)35(28)47)53-34-32(31-13-10-18-55-31)40-29-19-24(52-4)14-17-27(29)41-34/h8,10-11,13-14,17-19,23,25-26,28,30H,5-7,9,12,15-16,20-22H2,1-4H3,(H,42,49)(H,43,46)(H,44,48)/b11-8-/t23-,25-,28+,30+,39-/m1/s1. The summed E-state index contributed by atoms with van der Waals surface area (Å²) in [5, 5.41) is 6.91. The highest BCUT2D eigenvalue weighted by Crippen LogP contribution is 2.46. The second-order valence-corrected chi connectivity index (χ2v) is 18.8. The molecule has 0 radical (unpaired) electrons. The Hall–Kier alpha value is -4.77. The van der Waals surface area contributed by atoms with E-state index in [9.17, 15) is 27.6 Å². The maximum Gasteiger partial charge on any atom is 0.408 e. The summed E-state index contributed by atoms with van der Waals surface area (Å²) in [6.45, 7) is 5.13. The molecule has 3 N–H and O–H groups in total. The number of alkyl carbamates (subject to hydrolysis) is 1. The van der Waals surface area contributed by atoms with Crippen LogP contribution < -0.4 is 24.8 Å². The maximum absolute atomic E-state index is 14.6. The van der Waals surface area contributed by atoms with Gasteiger partial charge < -0.3 is 29.7 Å². The SMILES string of the molecule is COc1ccc2nc(O[C@@H]3C[C@H]4C(=O)N[C@]5(C(=O)NS(=O)(=O)C6CC6)C[C@H]5/C=C\CCCCC[C@H](NC(=O)OC(C)(C)C)C(=O)N4C3)c(-c3cccs3)nc2c1. The zero-order valence-corrected chi connectivity index (χ0v) is 33.5. The van der Waals surface area contributed by atoms with Gasteiger partial charge in [0.15, 0.2) is 0 Å². The summed E-state index contributed by atoms with van der Waals surface area (Å²) in [5.74, 6) is -1.56. The molecule has 15 nitrogen and oxygen atoms in total. The second-order valence-electron chi connectivity index (χ2n) is 15.9. The van der Waals surface area contributed by atoms with Crippen molar-refractivity contribution in [3.8, 4) is 22.2 Å². The van der Waals surface area contributed by atoms with Gasteiger partial charge in [0.25, 0.3) is 5.91 Å². The van der Waals surface area contributed by atoms with Gasteiger partial charge in [0.1, 0.15) is 40.8 Å². The fraction of sp³-hybridized carbons (Fsp3) is 0.538. The van der Waals surface area contributed by atoms with Gasteiger partial charge in [-0.05, 0) is 82.9 Å². The summed E-state index contributed by atoms with van der Waals surface area (Å²) in [6.07, 6.45) is 6.58. The average Bonchev–Trinajstić information content (AvgIpc) is 4.00. The Bertz CT molecular complexity index is 2130. The number of carbonyl (C=O) groups excluding carboxylic acids is 4. The number of sulfonamides is 1. The molecular formula is C39H48N6O9S2. The van der Waals surface area contributed by atoms with Crippen molar-refractivity contribution in [3.05, 3.63) is 47.9 Å². The fourth-order valence-electron chi connectivity index (χ4n) is 7.26. The van der Waals surface area contributed by atoms with Crippen LogP contribution in [0.15, 0.2) is 47.9 Å². The number of methoxy groups -OCH3 is 1. The number of hydrogen-bond acceptors (Lipinski definition) is 12. The third-order valence-electron chi connectivity index (χ3n) is 10.4. The number of rotatable bonds is 8. The van der Waals surface area contributed by atoms with Crippen LogP contribution in [0.3, 0.4) is 0 Å². The van der Waals surface area contributed by atoms with Crippen LogP contribution >= 0.6 is 11.3 Å². The first-order chi connectivity index (χ1) is 26.7. The number of nitrogens with one attached hydrogen (secondary N) is 3. The van der Waals surface area contributed by atoms with Gasteiger partial charge in [-0.1, -0.05) is 31.1 Å². The van der Waals surface area contributed by atoms with E-state index in [0.29, 0.717) is 54.6 Å². The Kier molecular flexibility index (Phi) is 11.0. The van der Waals surface area contributed by atoms with Crippen LogP contribution in [-0.4, -0.2) is 95.3 Å². The van der Waals surface area contributed by atoms with E-state index >= 15 is 0 Å². The number of ether oxygens (including phenoxy) is 3. The summed E-state index contributed by atoms with van der Waals surface area (Å²) >= 11 is 1.45. The van der Waals surface area contributed by atoms with Crippen molar-refractivity contribution in [3.63, 3.8) is 0 Å². The third-order valence-corrected chi connectivity index (χ3v) is 13.1. The monoisotopic (exact) mass is 808 g/mol. The summed E-state index contributed by atoms with van der Waals surface area (Å²) in [5.41, 5.74) is -0.722. The summed E-state index contributed by atoms with van der Waals surface area (Å²) < 4.78 is 45.5. The summed E-state index contributed by atoms with van der Waals surface area (Å²) in [7, 11) is -2.34. The van der Waals surface area contributed by atoms with Crippen LogP contribution in [-0.2, 0) is 29.1 Å². The average molecular weight is 809 g/mol. The van der Waals surface area contributed by atoms with E-state index in [2.05, 4.69) is 15.4 Å². The molecule has 2 saturated carbocycles. The first-order valence-corrected chi connectivity index (χ1v) is 21.5. The van der Waals surface area contributed by atoms with E-state index in [1.807, 2.05) is 29.7 Å². The molecule has 5 atom stereocenters. The largest absolute Gasteiger partial charge is 0.497 e. The van der Waals surface area contributed by atoms with Crippen LogP contribution in [0.4, 0.5) is 4.79 Å². The van der Waals surface area contributed by atoms with Crippen LogP contribution in [0.5, 0.6) is 11.6 Å². The molecule has 3 fully saturated rings. The van der Waals surface area contributed by atoms with E-state index in [4.69, 9.17) is 24.2 Å². The normalized spacial score (nSPS) is 26.5. The number of aromatic nitrogens is 2. The highest BCUT2D eigenvalue weighted by atomic mass is 32.2. The van der Waals surface area contributed by atoms with Crippen molar-refractivity contribution >= 4 is 56.2 Å². The third kappa shape index (κ3) is 8.78. The highest BCUT2D eigenvalue weighted by molar-refractivity contribution is 7.91. The van der Waals surface area contributed by atoms with Crippen molar-refractivity contribution in [1.29, 1.82) is 0 Å². The number of hydrogen-bond donors (Lipinski definition) is 3. The van der Waals surface area contributed by atoms with Crippen LogP contribution in [0.2, 0.25) is 0 Å². The predicted octanol–water partition coefficient (Wildman–Crippen LogP) is 4.61. The van der Waals surface area contributed by atoms with Crippen LogP contribution in [0.25, 0.3) is 21.6 Å². The molecule has 4 aliphatic rings. The molecular weight excluding hydrogens is 761 g/mol. The molecule has 1 aromatic carbocycles. The Morgan fingerprint density at radius 1 is 1.05 bits per heavy atom. The maximum atomic E-state index is 14.6. The van der Waals surface area contributed by atoms with Crippen molar-refractivity contribution in [1.82, 2.24) is 30.2 Å². The van der Waals surface area contributed by atoms with Gasteiger partial charge in [0.2, 0.25) is 27.7 Å². The lowest BCUT2D eigenvalue weighted by Crippen LogP contribution is -2.58. The first kappa shape index (κ1) is 39.5. The quantitative estimate of drug-likeness (QED) is 0.269. The lowest BCUT2D eigenvalue weighted by molar-refractivity contribution is -0.141. The van der Waals surface area contributed by atoms with E-state index in [0.717, 1.165) is 17.7 Å². The second kappa shape index (κ2) is 15.6. The Morgan fingerprint density at radius 3 is 2.57 bits per heavy atom. The molecule has 300 valence electrons. The molecule has 0 spiro atoms. The minimum Gasteiger partial charge on any atom is -0.497 e. The van der Waals surface area contributed by atoms with Gasteiger partial charge in [0.05, 0.1) is 34.8 Å². The summed E-state index contributed by atoms with van der Waals surface area (Å²) in [4.78, 5) is 67.7. The fourth-order valence-corrected chi connectivity index (χ4v) is 9.33. The molecule has 4 heterocycles. The van der Waals surface area contributed by atoms with Crippen molar-refractivity contribution in [2.45, 2.75) is 113 Å². The Balaban J connectivity index is 1.22. The lowest BCUT2D eigenvalue weighted by atomic mass is 10.0. The smallest absolute Gasteiger partial charge is 0.408 e. The van der Waals surface area contributed by atoms with Crippen molar-refractivity contribution in [2.24, 2.45) is 5.92 Å². The van der Waals surface area contributed by atoms with Gasteiger partial charge in [0, 0.05) is 18.4 Å². The molecule has 0 bridgehead atoms. The molecule has 2 aliphatic heterocycles. The molecule has 2 aromatic heterocycles. The molecule has 7 rings (SSSR count). The summed E-state index contributed by atoms with van der Waals surface area (Å²) in [6, 6.07) is 6.92. The van der Waals surface area contributed by atoms with E-state index < -0.39 is 74.3 Å². The number of fused-ring (bicyclic) bond motifs is 3.